The number of halogens is 2. The molecule has 21 heavy (non-hydrogen) atoms. The number of ether oxygens (including phenoxy) is 2. The maximum atomic E-state index is 9.72. The molecule has 2 aromatic rings. The smallest absolute Gasteiger partial charge is 0.125 e. The quantitative estimate of drug-likeness (QED) is 0.753. The maximum Gasteiger partial charge on any atom is 0.125 e. The summed E-state index contributed by atoms with van der Waals surface area (Å²) in [6, 6.07) is 12.8. The van der Waals surface area contributed by atoms with Crippen molar-refractivity contribution in [2.75, 3.05) is 13.2 Å². The van der Waals surface area contributed by atoms with Crippen LogP contribution in [0.2, 0.25) is 5.02 Å². The number of benzene rings is 2. The Balaban J connectivity index is 1.87. The predicted molar refractivity (Wildman–Crippen MR) is 87.2 cm³/mol. The lowest BCUT2D eigenvalue weighted by atomic mass is 10.1. The molecule has 0 spiro atoms. The molecule has 5 heteroatoms. The maximum absolute atomic E-state index is 9.72. The van der Waals surface area contributed by atoms with E-state index in [0.717, 1.165) is 10.2 Å². The summed E-state index contributed by atoms with van der Waals surface area (Å²) in [5.41, 5.74) is 0.672. The van der Waals surface area contributed by atoms with Crippen LogP contribution in [0.15, 0.2) is 46.9 Å². The van der Waals surface area contributed by atoms with Gasteiger partial charge in [-0.2, -0.15) is 0 Å². The fraction of sp³-hybridized carbons (Fsp3) is 0.250. The van der Waals surface area contributed by atoms with Gasteiger partial charge in [0, 0.05) is 15.1 Å². The van der Waals surface area contributed by atoms with Crippen molar-refractivity contribution in [2.24, 2.45) is 0 Å². The zero-order valence-electron chi connectivity index (χ0n) is 11.6. The van der Waals surface area contributed by atoms with E-state index in [1.165, 1.54) is 0 Å². The number of hydrogen-bond donors (Lipinski definition) is 1. The molecule has 1 atom stereocenters. The first-order valence-corrected chi connectivity index (χ1v) is 7.72. The molecule has 2 aromatic carbocycles. The van der Waals surface area contributed by atoms with Gasteiger partial charge in [-0.25, -0.2) is 0 Å². The van der Waals surface area contributed by atoms with Crippen LogP contribution in [0, 0.1) is 0 Å². The summed E-state index contributed by atoms with van der Waals surface area (Å²) in [6.07, 6.45) is -0.633. The van der Waals surface area contributed by atoms with Gasteiger partial charge in [-0.1, -0.05) is 27.5 Å². The normalized spacial score (nSPS) is 12.0. The molecule has 0 aliphatic rings. The Kier molecular flexibility index (Phi) is 5.91. The molecular weight excluding hydrogens is 356 g/mol. The second-order valence-corrected chi connectivity index (χ2v) is 5.86. The molecule has 2 rings (SSSR count). The lowest BCUT2D eigenvalue weighted by Crippen LogP contribution is -2.10. The topological polar surface area (TPSA) is 38.7 Å². The molecule has 0 unspecified atom stereocenters. The van der Waals surface area contributed by atoms with Crippen molar-refractivity contribution in [2.45, 2.75) is 13.0 Å². The molecule has 0 fully saturated rings. The van der Waals surface area contributed by atoms with Gasteiger partial charge in [0.2, 0.25) is 0 Å². The van der Waals surface area contributed by atoms with Crippen LogP contribution in [0.1, 0.15) is 18.6 Å². The van der Waals surface area contributed by atoms with Crippen LogP contribution >= 0.6 is 27.5 Å². The standard InChI is InChI=1S/C16H16BrClO3/c1-11(19)15-10-13(18)4-7-16(15)21-9-8-20-14-5-2-12(17)3-6-14/h2-7,10-11,19H,8-9H2,1H3/t11-/m1/s1. The molecule has 0 radical (unpaired) electrons. The van der Waals surface area contributed by atoms with E-state index in [1.54, 1.807) is 25.1 Å². The monoisotopic (exact) mass is 370 g/mol. The van der Waals surface area contributed by atoms with Gasteiger partial charge in [-0.05, 0) is 49.4 Å². The molecule has 0 heterocycles. The van der Waals surface area contributed by atoms with E-state index in [0.29, 0.717) is 29.5 Å². The third-order valence-corrected chi connectivity index (χ3v) is 3.61. The van der Waals surface area contributed by atoms with Crippen molar-refractivity contribution in [1.29, 1.82) is 0 Å². The van der Waals surface area contributed by atoms with Gasteiger partial charge in [0.15, 0.2) is 0 Å². The van der Waals surface area contributed by atoms with Crippen molar-refractivity contribution in [3.63, 3.8) is 0 Å². The highest BCUT2D eigenvalue weighted by atomic mass is 79.9. The van der Waals surface area contributed by atoms with Gasteiger partial charge in [0.1, 0.15) is 24.7 Å². The van der Waals surface area contributed by atoms with Crippen LogP contribution in [0.3, 0.4) is 0 Å². The first-order chi connectivity index (χ1) is 10.1. The van der Waals surface area contributed by atoms with Crippen molar-refractivity contribution in [1.82, 2.24) is 0 Å². The summed E-state index contributed by atoms with van der Waals surface area (Å²) in [5, 5.41) is 10.3. The zero-order chi connectivity index (χ0) is 15.2. The lowest BCUT2D eigenvalue weighted by Gasteiger charge is -2.14. The largest absolute Gasteiger partial charge is 0.490 e. The number of rotatable bonds is 6. The van der Waals surface area contributed by atoms with E-state index in [2.05, 4.69) is 15.9 Å². The highest BCUT2D eigenvalue weighted by Crippen LogP contribution is 2.28. The summed E-state index contributed by atoms with van der Waals surface area (Å²) in [7, 11) is 0. The molecule has 3 nitrogen and oxygen atoms in total. The zero-order valence-corrected chi connectivity index (χ0v) is 13.9. The van der Waals surface area contributed by atoms with Crippen LogP contribution in [0.4, 0.5) is 0 Å². The van der Waals surface area contributed by atoms with Crippen molar-refractivity contribution < 1.29 is 14.6 Å². The Morgan fingerprint density at radius 3 is 2.43 bits per heavy atom. The minimum absolute atomic E-state index is 0.386. The minimum Gasteiger partial charge on any atom is -0.490 e. The molecule has 0 aromatic heterocycles. The highest BCUT2D eigenvalue weighted by molar-refractivity contribution is 9.10. The predicted octanol–water partition coefficient (Wildman–Crippen LogP) is 4.61. The second-order valence-electron chi connectivity index (χ2n) is 4.51. The third-order valence-electron chi connectivity index (χ3n) is 2.85. The van der Waals surface area contributed by atoms with Gasteiger partial charge in [-0.3, -0.25) is 0 Å². The van der Waals surface area contributed by atoms with Gasteiger partial charge in [0.05, 0.1) is 6.10 Å². The van der Waals surface area contributed by atoms with Gasteiger partial charge in [0.25, 0.3) is 0 Å². The summed E-state index contributed by atoms with van der Waals surface area (Å²) < 4.78 is 12.2. The highest BCUT2D eigenvalue weighted by Gasteiger charge is 2.10. The van der Waals surface area contributed by atoms with E-state index in [9.17, 15) is 5.11 Å². The van der Waals surface area contributed by atoms with Crippen LogP contribution in [0.25, 0.3) is 0 Å². The number of aliphatic hydroxyl groups is 1. The Labute approximate surface area is 137 Å². The van der Waals surface area contributed by atoms with E-state index in [-0.39, 0.29) is 0 Å². The third kappa shape index (κ3) is 4.92. The van der Waals surface area contributed by atoms with Crippen LogP contribution in [-0.4, -0.2) is 18.3 Å². The van der Waals surface area contributed by atoms with Crippen LogP contribution in [-0.2, 0) is 0 Å². The molecule has 0 aliphatic carbocycles. The SMILES string of the molecule is C[C@@H](O)c1cc(Cl)ccc1OCCOc1ccc(Br)cc1. The van der Waals surface area contributed by atoms with E-state index < -0.39 is 6.10 Å². The van der Waals surface area contributed by atoms with Crippen LogP contribution in [0.5, 0.6) is 11.5 Å². The molecular formula is C16H16BrClO3. The van der Waals surface area contributed by atoms with Crippen molar-refractivity contribution in [3.05, 3.63) is 57.5 Å². The molecule has 112 valence electrons. The summed E-state index contributed by atoms with van der Waals surface area (Å²) >= 11 is 9.29. The van der Waals surface area contributed by atoms with Crippen LogP contribution < -0.4 is 9.47 Å². The van der Waals surface area contributed by atoms with Gasteiger partial charge < -0.3 is 14.6 Å². The average molecular weight is 372 g/mol. The Hall–Kier alpha value is -1.23. The molecule has 0 amide bonds. The molecule has 0 bridgehead atoms. The Morgan fingerprint density at radius 1 is 1.10 bits per heavy atom. The number of aliphatic hydroxyl groups excluding tert-OH is 1. The average Bonchev–Trinajstić information content (AvgIpc) is 2.46. The van der Waals surface area contributed by atoms with Crippen molar-refractivity contribution in [3.8, 4) is 11.5 Å². The van der Waals surface area contributed by atoms with Gasteiger partial charge in [-0.15, -0.1) is 0 Å². The van der Waals surface area contributed by atoms with E-state index in [1.807, 2.05) is 24.3 Å². The number of hydrogen-bond acceptors (Lipinski definition) is 3. The van der Waals surface area contributed by atoms with E-state index in [4.69, 9.17) is 21.1 Å². The van der Waals surface area contributed by atoms with E-state index >= 15 is 0 Å². The summed E-state index contributed by atoms with van der Waals surface area (Å²) in [6.45, 7) is 2.48. The Morgan fingerprint density at radius 2 is 1.76 bits per heavy atom. The minimum atomic E-state index is -0.633. The fourth-order valence-electron chi connectivity index (χ4n) is 1.82. The molecule has 0 saturated carbocycles. The first kappa shape index (κ1) is 16.1. The summed E-state index contributed by atoms with van der Waals surface area (Å²) in [5.74, 6) is 1.41. The second kappa shape index (κ2) is 7.69. The summed E-state index contributed by atoms with van der Waals surface area (Å²) in [4.78, 5) is 0. The molecule has 0 aliphatic heterocycles. The lowest BCUT2D eigenvalue weighted by molar-refractivity contribution is 0.182. The van der Waals surface area contributed by atoms with Gasteiger partial charge >= 0.3 is 0 Å². The molecule has 1 N–H and O–H groups in total. The first-order valence-electron chi connectivity index (χ1n) is 6.55. The fourth-order valence-corrected chi connectivity index (χ4v) is 2.26. The molecule has 0 saturated heterocycles. The Bertz CT molecular complexity index is 585. The van der Waals surface area contributed by atoms with Crippen molar-refractivity contribution >= 4 is 27.5 Å².